The molecule has 102 valence electrons. The average molecular weight is 277 g/mol. The molecule has 0 aliphatic heterocycles. The molecule has 4 nitrogen and oxygen atoms in total. The molecule has 0 aliphatic rings. The highest BCUT2D eigenvalue weighted by Crippen LogP contribution is 2.23. The maximum Gasteiger partial charge on any atom is 0.243 e. The summed E-state index contributed by atoms with van der Waals surface area (Å²) in [5.41, 5.74) is 7.20. The highest BCUT2D eigenvalue weighted by Gasteiger charge is 2.13. The minimum absolute atomic E-state index is 0.143. The fourth-order valence-corrected chi connectivity index (χ4v) is 2.62. The minimum atomic E-state index is -0.143. The molecule has 2 aromatic rings. The second-order valence-electron chi connectivity index (χ2n) is 4.55. The van der Waals surface area contributed by atoms with E-state index >= 15 is 0 Å². The van der Waals surface area contributed by atoms with Gasteiger partial charge >= 0.3 is 0 Å². The van der Waals surface area contributed by atoms with E-state index in [0.29, 0.717) is 17.5 Å². The molecule has 1 heterocycles. The van der Waals surface area contributed by atoms with E-state index in [1.165, 1.54) is 10.5 Å². The third-order valence-corrected chi connectivity index (χ3v) is 3.75. The van der Waals surface area contributed by atoms with Crippen molar-refractivity contribution in [2.45, 2.75) is 43.4 Å². The molecule has 0 saturated carbocycles. The van der Waals surface area contributed by atoms with Gasteiger partial charge in [0.1, 0.15) is 0 Å². The van der Waals surface area contributed by atoms with Crippen LogP contribution in [0.1, 0.15) is 43.1 Å². The van der Waals surface area contributed by atoms with E-state index < -0.39 is 0 Å². The molecule has 2 N–H and O–H groups in total. The predicted molar refractivity (Wildman–Crippen MR) is 76.9 cm³/mol. The van der Waals surface area contributed by atoms with Crippen LogP contribution in [-0.2, 0) is 5.75 Å². The number of hydrogen-bond acceptors (Lipinski definition) is 5. The van der Waals surface area contributed by atoms with E-state index in [9.17, 15) is 0 Å². The number of hydrogen-bond donors (Lipinski definition) is 1. The van der Waals surface area contributed by atoms with Crippen molar-refractivity contribution >= 4 is 11.8 Å². The van der Waals surface area contributed by atoms with Gasteiger partial charge in [0, 0.05) is 4.90 Å². The Hall–Kier alpha value is -1.33. The van der Waals surface area contributed by atoms with Gasteiger partial charge in [-0.2, -0.15) is 4.98 Å². The monoisotopic (exact) mass is 277 g/mol. The van der Waals surface area contributed by atoms with Crippen molar-refractivity contribution in [3.63, 3.8) is 0 Å². The zero-order chi connectivity index (χ0) is 13.7. The Morgan fingerprint density at radius 3 is 3.00 bits per heavy atom. The summed E-state index contributed by atoms with van der Waals surface area (Å²) in [6.07, 6.45) is 1.88. The molecule has 0 amide bonds. The van der Waals surface area contributed by atoms with Crippen molar-refractivity contribution in [3.05, 3.63) is 41.5 Å². The number of aromatic nitrogens is 2. The normalized spacial score (nSPS) is 12.6. The van der Waals surface area contributed by atoms with Crippen LogP contribution in [0.2, 0.25) is 0 Å². The summed E-state index contributed by atoms with van der Waals surface area (Å²) in [5.74, 6) is 1.95. The largest absolute Gasteiger partial charge is 0.338 e. The van der Waals surface area contributed by atoms with Crippen molar-refractivity contribution < 1.29 is 4.52 Å². The van der Waals surface area contributed by atoms with Gasteiger partial charge in [-0.05, 0) is 25.5 Å². The van der Waals surface area contributed by atoms with Crippen LogP contribution >= 0.6 is 11.8 Å². The Balaban J connectivity index is 1.93. The lowest BCUT2D eigenvalue weighted by Gasteiger charge is -2.02. The fourth-order valence-electron chi connectivity index (χ4n) is 1.76. The van der Waals surface area contributed by atoms with Gasteiger partial charge in [-0.3, -0.25) is 0 Å². The summed E-state index contributed by atoms with van der Waals surface area (Å²) in [6, 6.07) is 8.22. The van der Waals surface area contributed by atoms with Crippen molar-refractivity contribution in [2.24, 2.45) is 5.73 Å². The molecule has 0 fully saturated rings. The smallest absolute Gasteiger partial charge is 0.243 e. The molecule has 0 spiro atoms. The van der Waals surface area contributed by atoms with Gasteiger partial charge in [-0.25, -0.2) is 0 Å². The SMILES string of the molecule is CCCC(N)c1nc(CSc2cccc(C)c2)no1. The van der Waals surface area contributed by atoms with Crippen LogP contribution in [0.15, 0.2) is 33.7 Å². The first kappa shape index (κ1) is 14.1. The van der Waals surface area contributed by atoms with Gasteiger partial charge in [-0.15, -0.1) is 11.8 Å². The van der Waals surface area contributed by atoms with Crippen LogP contribution in [-0.4, -0.2) is 10.1 Å². The van der Waals surface area contributed by atoms with Crippen LogP contribution in [0, 0.1) is 6.92 Å². The van der Waals surface area contributed by atoms with Gasteiger partial charge in [-0.1, -0.05) is 36.2 Å². The Morgan fingerprint density at radius 2 is 2.26 bits per heavy atom. The Morgan fingerprint density at radius 1 is 1.42 bits per heavy atom. The number of thioether (sulfide) groups is 1. The molecule has 0 saturated heterocycles. The van der Waals surface area contributed by atoms with E-state index in [-0.39, 0.29) is 6.04 Å². The van der Waals surface area contributed by atoms with E-state index in [4.69, 9.17) is 10.3 Å². The second-order valence-corrected chi connectivity index (χ2v) is 5.60. The molecule has 1 atom stereocenters. The van der Waals surface area contributed by atoms with Gasteiger partial charge < -0.3 is 10.3 Å². The molecule has 1 unspecified atom stereocenters. The molecule has 0 radical (unpaired) electrons. The maximum absolute atomic E-state index is 5.94. The van der Waals surface area contributed by atoms with Crippen LogP contribution in [0.25, 0.3) is 0 Å². The molecule has 2 rings (SSSR count). The standard InChI is InChI=1S/C14H19N3OS/c1-3-5-12(15)14-16-13(17-18-14)9-19-11-7-4-6-10(2)8-11/h4,6-8,12H,3,5,9,15H2,1-2H3. The summed E-state index contributed by atoms with van der Waals surface area (Å²) in [5, 5.41) is 3.97. The lowest BCUT2D eigenvalue weighted by atomic mass is 10.2. The molecule has 1 aromatic heterocycles. The van der Waals surface area contributed by atoms with E-state index in [1.807, 2.05) is 0 Å². The summed E-state index contributed by atoms with van der Waals surface area (Å²) in [4.78, 5) is 5.55. The Labute approximate surface area is 117 Å². The first-order chi connectivity index (χ1) is 9.19. The van der Waals surface area contributed by atoms with Gasteiger partial charge in [0.05, 0.1) is 11.8 Å². The van der Waals surface area contributed by atoms with Crippen LogP contribution in [0.5, 0.6) is 0 Å². The minimum Gasteiger partial charge on any atom is -0.338 e. The van der Waals surface area contributed by atoms with Gasteiger partial charge in [0.25, 0.3) is 0 Å². The van der Waals surface area contributed by atoms with Crippen molar-refractivity contribution in [3.8, 4) is 0 Å². The maximum atomic E-state index is 5.94. The van der Waals surface area contributed by atoms with Gasteiger partial charge in [0.15, 0.2) is 5.82 Å². The fraction of sp³-hybridized carbons (Fsp3) is 0.429. The van der Waals surface area contributed by atoms with Crippen LogP contribution in [0.4, 0.5) is 0 Å². The topological polar surface area (TPSA) is 64.9 Å². The summed E-state index contributed by atoms with van der Waals surface area (Å²) in [7, 11) is 0. The van der Waals surface area contributed by atoms with Crippen LogP contribution in [0.3, 0.4) is 0 Å². The van der Waals surface area contributed by atoms with Gasteiger partial charge in [0.2, 0.25) is 5.89 Å². The quantitative estimate of drug-likeness (QED) is 0.819. The molecule has 1 aromatic carbocycles. The zero-order valence-corrected chi connectivity index (χ0v) is 12.1. The Bertz CT molecular complexity index is 527. The van der Waals surface area contributed by atoms with Crippen molar-refractivity contribution in [1.29, 1.82) is 0 Å². The predicted octanol–water partition coefficient (Wildman–Crippen LogP) is 3.47. The molecule has 19 heavy (non-hydrogen) atoms. The van der Waals surface area contributed by atoms with Crippen LogP contribution < -0.4 is 5.73 Å². The molecule has 0 aliphatic carbocycles. The third-order valence-electron chi connectivity index (χ3n) is 2.76. The highest BCUT2D eigenvalue weighted by molar-refractivity contribution is 7.98. The van der Waals surface area contributed by atoms with E-state index in [0.717, 1.165) is 12.8 Å². The first-order valence-corrected chi connectivity index (χ1v) is 7.45. The second kappa shape index (κ2) is 6.73. The van der Waals surface area contributed by atoms with Crippen molar-refractivity contribution in [1.82, 2.24) is 10.1 Å². The summed E-state index contributed by atoms with van der Waals surface area (Å²) in [6.45, 7) is 4.17. The number of nitrogens with two attached hydrogens (primary N) is 1. The number of rotatable bonds is 6. The summed E-state index contributed by atoms with van der Waals surface area (Å²) < 4.78 is 5.19. The number of aryl methyl sites for hydroxylation is 1. The lowest BCUT2D eigenvalue weighted by molar-refractivity contribution is 0.345. The number of benzene rings is 1. The van der Waals surface area contributed by atoms with E-state index in [1.54, 1.807) is 11.8 Å². The molecular weight excluding hydrogens is 258 g/mol. The first-order valence-electron chi connectivity index (χ1n) is 6.46. The molecular formula is C14H19N3OS. The zero-order valence-electron chi connectivity index (χ0n) is 11.3. The Kier molecular flexibility index (Phi) is 4.99. The molecule has 0 bridgehead atoms. The molecule has 5 heteroatoms. The van der Waals surface area contributed by atoms with Crippen molar-refractivity contribution in [2.75, 3.05) is 0 Å². The average Bonchev–Trinajstić information content (AvgIpc) is 2.86. The van der Waals surface area contributed by atoms with E-state index in [2.05, 4.69) is 48.3 Å². The lowest BCUT2D eigenvalue weighted by Crippen LogP contribution is -2.10. The summed E-state index contributed by atoms with van der Waals surface area (Å²) >= 11 is 1.70. The number of nitrogens with zero attached hydrogens (tertiary/aromatic N) is 2. The highest BCUT2D eigenvalue weighted by atomic mass is 32.2. The third kappa shape index (κ3) is 4.08.